The van der Waals surface area contributed by atoms with Crippen molar-refractivity contribution in [3.8, 4) is 5.75 Å². The molecule has 158 valence electrons. The number of esters is 1. The van der Waals surface area contributed by atoms with Gasteiger partial charge in [0.2, 0.25) is 0 Å². The van der Waals surface area contributed by atoms with E-state index in [0.717, 1.165) is 12.0 Å². The van der Waals surface area contributed by atoms with Gasteiger partial charge in [0.15, 0.2) is 0 Å². The van der Waals surface area contributed by atoms with Gasteiger partial charge in [-0.2, -0.15) is 0 Å². The first-order valence-corrected chi connectivity index (χ1v) is 10.0. The number of benzene rings is 2. The van der Waals surface area contributed by atoms with Gasteiger partial charge in [0.1, 0.15) is 23.5 Å². The molecule has 1 unspecified atom stereocenters. The van der Waals surface area contributed by atoms with Gasteiger partial charge >= 0.3 is 11.6 Å². The highest BCUT2D eigenvalue weighted by molar-refractivity contribution is 6.32. The number of aryl methyl sites for hydroxylation is 1. The lowest BCUT2D eigenvalue weighted by atomic mass is 10.0. The number of nitrogens with one attached hydrogen (secondary N) is 1. The molecule has 3 aromatic rings. The van der Waals surface area contributed by atoms with Crippen molar-refractivity contribution in [3.05, 3.63) is 75.1 Å². The maximum atomic E-state index is 12.5. The number of hydrogen-bond donors (Lipinski definition) is 1. The van der Waals surface area contributed by atoms with E-state index in [1.807, 2.05) is 25.1 Å². The van der Waals surface area contributed by atoms with Crippen LogP contribution in [0.2, 0.25) is 5.02 Å². The summed E-state index contributed by atoms with van der Waals surface area (Å²) in [7, 11) is 1.32. The van der Waals surface area contributed by atoms with Crippen molar-refractivity contribution in [1.29, 1.82) is 0 Å². The molecule has 2 aromatic carbocycles. The van der Waals surface area contributed by atoms with Crippen LogP contribution in [0.5, 0.6) is 5.75 Å². The highest BCUT2D eigenvalue weighted by atomic mass is 35.5. The Balaban J connectivity index is 1.87. The van der Waals surface area contributed by atoms with E-state index in [0.29, 0.717) is 27.3 Å². The summed E-state index contributed by atoms with van der Waals surface area (Å²) in [5.41, 5.74) is 0.415. The summed E-state index contributed by atoms with van der Waals surface area (Å²) in [6.45, 7) is 3.93. The Kier molecular flexibility index (Phi) is 6.80. The Bertz CT molecular complexity index is 1100. The second kappa shape index (κ2) is 9.32. The van der Waals surface area contributed by atoms with E-state index >= 15 is 0 Å². The molecule has 0 radical (unpaired) electrons. The maximum absolute atomic E-state index is 12.5. The molecule has 1 heterocycles. The lowest BCUT2D eigenvalue weighted by molar-refractivity contribution is -0.149. The molecule has 30 heavy (non-hydrogen) atoms. The van der Waals surface area contributed by atoms with Crippen LogP contribution in [0.4, 0.5) is 0 Å². The molecule has 0 fully saturated rings. The van der Waals surface area contributed by atoms with Gasteiger partial charge in [-0.1, -0.05) is 36.7 Å². The van der Waals surface area contributed by atoms with Gasteiger partial charge in [-0.15, -0.1) is 0 Å². The maximum Gasteiger partial charge on any atom is 0.336 e. The van der Waals surface area contributed by atoms with E-state index in [-0.39, 0.29) is 13.2 Å². The number of fused-ring (bicyclic) bond motifs is 1. The molecule has 1 aromatic heterocycles. The van der Waals surface area contributed by atoms with Crippen LogP contribution in [0.25, 0.3) is 11.0 Å². The van der Waals surface area contributed by atoms with Gasteiger partial charge in [-0.3, -0.25) is 5.32 Å². The van der Waals surface area contributed by atoms with E-state index in [9.17, 15) is 9.59 Å². The summed E-state index contributed by atoms with van der Waals surface area (Å²) < 4.78 is 16.1. The fraction of sp³-hybridized carbons (Fsp3) is 0.304. The zero-order valence-corrected chi connectivity index (χ0v) is 17.9. The molecule has 0 aliphatic heterocycles. The monoisotopic (exact) mass is 429 g/mol. The summed E-state index contributed by atoms with van der Waals surface area (Å²) in [4.78, 5) is 24.5. The molecule has 0 saturated heterocycles. The van der Waals surface area contributed by atoms with Gasteiger partial charge < -0.3 is 13.9 Å². The molecule has 0 bridgehead atoms. The Morgan fingerprint density at radius 3 is 2.57 bits per heavy atom. The highest BCUT2D eigenvalue weighted by Crippen LogP contribution is 2.26. The SMILES string of the molecule is CCc1cc2oc(=O)cc(CNC(C)(COc3ccccc3)C(=O)OC)c2cc1Cl. The van der Waals surface area contributed by atoms with Crippen molar-refractivity contribution in [1.82, 2.24) is 5.32 Å². The van der Waals surface area contributed by atoms with E-state index in [4.69, 9.17) is 25.5 Å². The van der Waals surface area contributed by atoms with Crippen molar-refractivity contribution >= 4 is 28.5 Å². The molecule has 7 heteroatoms. The number of para-hydroxylation sites is 1. The van der Waals surface area contributed by atoms with Crippen molar-refractivity contribution in [3.63, 3.8) is 0 Å². The predicted molar refractivity (Wildman–Crippen MR) is 116 cm³/mol. The average Bonchev–Trinajstić information content (AvgIpc) is 2.76. The summed E-state index contributed by atoms with van der Waals surface area (Å²) in [5.74, 6) is 0.163. The standard InChI is InChI=1S/C23H24ClNO5/c1-4-15-10-20-18(12-19(15)24)16(11-21(26)30-20)13-25-23(2,22(27)28-3)14-29-17-8-6-5-7-9-17/h5-12,25H,4,13-14H2,1-3H3. The molecule has 0 saturated carbocycles. The molecule has 3 rings (SSSR count). The van der Waals surface area contributed by atoms with Gasteiger partial charge in [0, 0.05) is 23.0 Å². The Morgan fingerprint density at radius 1 is 1.17 bits per heavy atom. The van der Waals surface area contributed by atoms with Crippen LogP contribution in [0.1, 0.15) is 25.0 Å². The van der Waals surface area contributed by atoms with Crippen LogP contribution < -0.4 is 15.7 Å². The summed E-state index contributed by atoms with van der Waals surface area (Å²) in [6, 6.07) is 14.1. The van der Waals surface area contributed by atoms with Crippen LogP contribution in [0.3, 0.4) is 0 Å². The molecule has 0 spiro atoms. The topological polar surface area (TPSA) is 77.8 Å². The minimum absolute atomic E-state index is 0.0454. The highest BCUT2D eigenvalue weighted by Gasteiger charge is 2.35. The number of carbonyl (C=O) groups is 1. The number of methoxy groups -OCH3 is 1. The lowest BCUT2D eigenvalue weighted by Gasteiger charge is -2.28. The predicted octanol–water partition coefficient (Wildman–Crippen LogP) is 4.11. The smallest absolute Gasteiger partial charge is 0.336 e. The zero-order valence-electron chi connectivity index (χ0n) is 17.2. The van der Waals surface area contributed by atoms with E-state index < -0.39 is 17.1 Å². The van der Waals surface area contributed by atoms with Gasteiger partial charge in [-0.05, 0) is 48.7 Å². The summed E-state index contributed by atoms with van der Waals surface area (Å²) >= 11 is 6.36. The molecule has 0 aliphatic carbocycles. The Hall–Kier alpha value is -2.83. The summed E-state index contributed by atoms with van der Waals surface area (Å²) in [6.07, 6.45) is 0.720. The van der Waals surface area contributed by atoms with Crippen LogP contribution in [0.15, 0.2) is 57.7 Å². The third-order valence-corrected chi connectivity index (χ3v) is 5.31. The van der Waals surface area contributed by atoms with Crippen molar-refractivity contribution in [2.75, 3.05) is 13.7 Å². The average molecular weight is 430 g/mol. The normalized spacial score (nSPS) is 13.1. The fourth-order valence-corrected chi connectivity index (χ4v) is 3.45. The molecule has 0 aliphatic rings. The lowest BCUT2D eigenvalue weighted by Crippen LogP contribution is -2.54. The number of halogens is 1. The number of rotatable bonds is 8. The third-order valence-electron chi connectivity index (χ3n) is 4.95. The Labute approximate surface area is 179 Å². The van der Waals surface area contributed by atoms with Gasteiger partial charge in [0.05, 0.1) is 7.11 Å². The van der Waals surface area contributed by atoms with Crippen molar-refractivity contribution in [2.45, 2.75) is 32.4 Å². The zero-order chi connectivity index (χ0) is 21.7. The van der Waals surface area contributed by atoms with E-state index in [1.54, 1.807) is 31.2 Å². The van der Waals surface area contributed by atoms with Crippen LogP contribution in [-0.4, -0.2) is 25.2 Å². The molecular formula is C23H24ClNO5. The minimum Gasteiger partial charge on any atom is -0.491 e. The number of carbonyl (C=O) groups excluding carboxylic acids is 1. The van der Waals surface area contributed by atoms with Crippen LogP contribution >= 0.6 is 11.6 Å². The largest absolute Gasteiger partial charge is 0.491 e. The third kappa shape index (κ3) is 4.83. The number of ether oxygens (including phenoxy) is 2. The van der Waals surface area contributed by atoms with Crippen molar-refractivity contribution in [2.24, 2.45) is 0 Å². The van der Waals surface area contributed by atoms with E-state index in [2.05, 4.69) is 5.32 Å². The van der Waals surface area contributed by atoms with E-state index in [1.165, 1.54) is 13.2 Å². The van der Waals surface area contributed by atoms with Crippen LogP contribution in [0, 0.1) is 0 Å². The van der Waals surface area contributed by atoms with Crippen LogP contribution in [-0.2, 0) is 22.5 Å². The number of hydrogen-bond acceptors (Lipinski definition) is 6. The first-order chi connectivity index (χ1) is 14.4. The first-order valence-electron chi connectivity index (χ1n) is 9.62. The van der Waals surface area contributed by atoms with Crippen molar-refractivity contribution < 1.29 is 18.7 Å². The minimum atomic E-state index is -1.14. The fourth-order valence-electron chi connectivity index (χ4n) is 3.15. The Morgan fingerprint density at radius 2 is 1.90 bits per heavy atom. The summed E-state index contributed by atoms with van der Waals surface area (Å²) in [5, 5.41) is 4.49. The second-order valence-corrected chi connectivity index (χ2v) is 7.57. The first kappa shape index (κ1) is 21.9. The molecular weight excluding hydrogens is 406 g/mol. The molecule has 1 atom stereocenters. The van der Waals surface area contributed by atoms with Gasteiger partial charge in [-0.25, -0.2) is 9.59 Å². The van der Waals surface area contributed by atoms with Gasteiger partial charge in [0.25, 0.3) is 0 Å². The quantitative estimate of drug-likeness (QED) is 0.429. The molecule has 6 nitrogen and oxygen atoms in total. The molecule has 0 amide bonds. The molecule has 1 N–H and O–H groups in total. The second-order valence-electron chi connectivity index (χ2n) is 7.16.